The largest absolute Gasteiger partial charge is 0.521 e. The Morgan fingerprint density at radius 1 is 0.444 bits per heavy atom. The Labute approximate surface area is 220 Å². The van der Waals surface area contributed by atoms with Gasteiger partial charge in [0.25, 0.3) is 0 Å². The van der Waals surface area contributed by atoms with Gasteiger partial charge in [0, 0.05) is 51.0 Å². The van der Waals surface area contributed by atoms with Crippen LogP contribution in [0.25, 0.3) is 0 Å². The van der Waals surface area contributed by atoms with E-state index in [1.807, 2.05) is 102 Å². The Bertz CT molecular complexity index is 674. The number of rotatable bonds is 18. The van der Waals surface area contributed by atoms with Crippen molar-refractivity contribution in [1.82, 2.24) is 0 Å². The van der Waals surface area contributed by atoms with Crippen molar-refractivity contribution < 1.29 is 26.6 Å². The molecule has 0 saturated carbocycles. The molecule has 0 aromatic heterocycles. The first kappa shape index (κ1) is 32.3. The van der Waals surface area contributed by atoms with Crippen molar-refractivity contribution >= 4 is 29.0 Å². The molecule has 0 bridgehead atoms. The van der Waals surface area contributed by atoms with E-state index in [1.54, 1.807) is 0 Å². The van der Waals surface area contributed by atoms with E-state index in [-0.39, 0.29) is 0 Å². The van der Waals surface area contributed by atoms with Gasteiger partial charge in [0.15, 0.2) is 0 Å². The molecule has 204 valence electrons. The van der Waals surface area contributed by atoms with E-state index >= 15 is 0 Å². The van der Waals surface area contributed by atoms with Gasteiger partial charge in [0.05, 0.1) is 12.3 Å². The number of hydrogen-bond acceptors (Lipinski definition) is 8. The lowest BCUT2D eigenvalue weighted by Crippen LogP contribution is -2.52. The normalized spacial score (nSPS) is 11.5. The number of anilines is 2. The molecule has 2 N–H and O–H groups in total. The average molecular weight is 539 g/mol. The highest BCUT2D eigenvalue weighted by atomic mass is 28.4. The zero-order valence-corrected chi connectivity index (χ0v) is 24.9. The van der Waals surface area contributed by atoms with Gasteiger partial charge in [0.2, 0.25) is 0 Å². The SMILES string of the molecule is CCO[Si](CNc1ccccc1)(OCC)OCC.CCO[Si](CNc1ccccc1)(OCC)OCC. The van der Waals surface area contributed by atoms with Gasteiger partial charge < -0.3 is 37.2 Å². The summed E-state index contributed by atoms with van der Waals surface area (Å²) in [4.78, 5) is 0. The Kier molecular flexibility index (Phi) is 17.3. The van der Waals surface area contributed by atoms with Crippen LogP contribution < -0.4 is 10.6 Å². The molecule has 2 aromatic rings. The maximum atomic E-state index is 5.76. The molecule has 0 atom stereocenters. The number of benzene rings is 2. The lowest BCUT2D eigenvalue weighted by atomic mass is 10.3. The summed E-state index contributed by atoms with van der Waals surface area (Å²) >= 11 is 0. The standard InChI is InChI=1S/2C13H23NO3Si/c2*1-4-15-18(16-5-2,17-6-3)12-14-13-10-8-7-9-11-13/h2*7-11,14H,4-6,12H2,1-3H3. The van der Waals surface area contributed by atoms with E-state index in [0.717, 1.165) is 11.4 Å². The van der Waals surface area contributed by atoms with E-state index in [9.17, 15) is 0 Å². The topological polar surface area (TPSA) is 79.4 Å². The third-order valence-electron chi connectivity index (χ3n) is 4.75. The van der Waals surface area contributed by atoms with Gasteiger partial charge in [-0.15, -0.1) is 0 Å². The molecule has 0 saturated heterocycles. The van der Waals surface area contributed by atoms with Crippen LogP contribution >= 0.6 is 0 Å². The highest BCUT2D eigenvalue weighted by Gasteiger charge is 2.41. The fraction of sp³-hybridized carbons (Fsp3) is 0.538. The van der Waals surface area contributed by atoms with Gasteiger partial charge in [-0.3, -0.25) is 0 Å². The summed E-state index contributed by atoms with van der Waals surface area (Å²) in [6.45, 7) is 15.4. The maximum Gasteiger partial charge on any atom is 0.521 e. The Balaban J connectivity index is 0.000000360. The molecule has 36 heavy (non-hydrogen) atoms. The van der Waals surface area contributed by atoms with Gasteiger partial charge in [-0.05, 0) is 65.8 Å². The van der Waals surface area contributed by atoms with E-state index in [2.05, 4.69) is 10.6 Å². The van der Waals surface area contributed by atoms with Crippen molar-refractivity contribution in [3.8, 4) is 0 Å². The van der Waals surface area contributed by atoms with E-state index < -0.39 is 17.6 Å². The van der Waals surface area contributed by atoms with Crippen LogP contribution in [0.2, 0.25) is 0 Å². The van der Waals surface area contributed by atoms with Crippen LogP contribution in [-0.4, -0.2) is 69.6 Å². The first-order valence-electron chi connectivity index (χ1n) is 12.9. The molecule has 0 spiro atoms. The molecule has 0 unspecified atom stereocenters. The van der Waals surface area contributed by atoms with Crippen molar-refractivity contribution in [2.75, 3.05) is 62.6 Å². The summed E-state index contributed by atoms with van der Waals surface area (Å²) in [5.41, 5.74) is 2.10. The highest BCUT2D eigenvalue weighted by Crippen LogP contribution is 2.14. The van der Waals surface area contributed by atoms with E-state index in [1.165, 1.54) is 0 Å². The predicted octanol–water partition coefficient (Wildman–Crippen LogP) is 5.37. The van der Waals surface area contributed by atoms with Gasteiger partial charge in [-0.25, -0.2) is 0 Å². The summed E-state index contributed by atoms with van der Waals surface area (Å²) in [6.07, 6.45) is 1.18. The Hall–Kier alpha value is -1.77. The van der Waals surface area contributed by atoms with Gasteiger partial charge in [0.1, 0.15) is 0 Å². The average Bonchev–Trinajstić information content (AvgIpc) is 2.89. The molecule has 0 amide bonds. The van der Waals surface area contributed by atoms with Crippen molar-refractivity contribution in [2.45, 2.75) is 41.5 Å². The van der Waals surface area contributed by atoms with Crippen molar-refractivity contribution in [3.63, 3.8) is 0 Å². The monoisotopic (exact) mass is 538 g/mol. The summed E-state index contributed by atoms with van der Waals surface area (Å²) < 4.78 is 34.6. The van der Waals surface area contributed by atoms with Crippen LogP contribution in [-0.2, 0) is 26.6 Å². The lowest BCUT2D eigenvalue weighted by molar-refractivity contribution is 0.0732. The van der Waals surface area contributed by atoms with Gasteiger partial charge >= 0.3 is 17.6 Å². The molecule has 0 aliphatic heterocycles. The zero-order chi connectivity index (χ0) is 26.5. The van der Waals surface area contributed by atoms with Crippen LogP contribution in [0.15, 0.2) is 60.7 Å². The molecular weight excluding hydrogens is 492 g/mol. The molecule has 0 aliphatic rings. The smallest absolute Gasteiger partial charge is 0.381 e. The summed E-state index contributed by atoms with van der Waals surface area (Å²) in [5, 5.41) is 6.65. The fourth-order valence-electron chi connectivity index (χ4n) is 3.41. The molecule has 0 radical (unpaired) electrons. The van der Waals surface area contributed by atoms with E-state index in [4.69, 9.17) is 26.6 Å². The molecule has 10 heteroatoms. The minimum absolute atomic E-state index is 0.590. The van der Waals surface area contributed by atoms with Gasteiger partial charge in [-0.1, -0.05) is 36.4 Å². The molecule has 0 fully saturated rings. The van der Waals surface area contributed by atoms with E-state index in [0.29, 0.717) is 52.0 Å². The minimum Gasteiger partial charge on any atom is -0.381 e. The third-order valence-corrected chi connectivity index (χ3v) is 10.3. The Morgan fingerprint density at radius 2 is 0.694 bits per heavy atom. The van der Waals surface area contributed by atoms with Crippen LogP contribution in [0.1, 0.15) is 41.5 Å². The Morgan fingerprint density at radius 3 is 0.917 bits per heavy atom. The molecular formula is C26H46N2O6Si2. The molecule has 0 heterocycles. The first-order chi connectivity index (χ1) is 17.5. The third kappa shape index (κ3) is 12.5. The molecule has 8 nitrogen and oxygen atoms in total. The van der Waals surface area contributed by atoms with Crippen LogP contribution in [0.3, 0.4) is 0 Å². The quantitative estimate of drug-likeness (QED) is 0.245. The number of para-hydroxylation sites is 2. The van der Waals surface area contributed by atoms with Crippen LogP contribution in [0.5, 0.6) is 0 Å². The molecule has 0 aliphatic carbocycles. The first-order valence-corrected chi connectivity index (χ1v) is 16.8. The van der Waals surface area contributed by atoms with Crippen LogP contribution in [0, 0.1) is 0 Å². The lowest BCUT2D eigenvalue weighted by Gasteiger charge is -2.28. The fourth-order valence-corrected chi connectivity index (χ4v) is 8.00. The second-order valence-electron chi connectivity index (χ2n) is 7.40. The molecule has 2 aromatic carbocycles. The van der Waals surface area contributed by atoms with Crippen molar-refractivity contribution in [1.29, 1.82) is 0 Å². The minimum atomic E-state index is -2.59. The highest BCUT2D eigenvalue weighted by molar-refractivity contribution is 6.61. The van der Waals surface area contributed by atoms with Crippen molar-refractivity contribution in [3.05, 3.63) is 60.7 Å². The maximum absolute atomic E-state index is 5.76. The molecule has 2 rings (SSSR count). The van der Waals surface area contributed by atoms with Gasteiger partial charge in [-0.2, -0.15) is 0 Å². The zero-order valence-electron chi connectivity index (χ0n) is 22.9. The predicted molar refractivity (Wildman–Crippen MR) is 151 cm³/mol. The second kappa shape index (κ2) is 19.4. The summed E-state index contributed by atoms with van der Waals surface area (Å²) in [5.74, 6) is 0. The summed E-state index contributed by atoms with van der Waals surface area (Å²) in [6, 6.07) is 20.0. The second-order valence-corrected chi connectivity index (χ2v) is 12.6. The number of hydrogen-bond donors (Lipinski definition) is 2. The number of nitrogens with one attached hydrogen (secondary N) is 2. The van der Waals surface area contributed by atoms with Crippen molar-refractivity contribution in [2.24, 2.45) is 0 Å². The van der Waals surface area contributed by atoms with Crippen LogP contribution in [0.4, 0.5) is 11.4 Å². The summed E-state index contributed by atoms with van der Waals surface area (Å²) in [7, 11) is -5.18.